The molecular formula is C17H17N5O2. The van der Waals surface area contributed by atoms with Crippen molar-refractivity contribution in [1.82, 2.24) is 19.7 Å². The van der Waals surface area contributed by atoms with E-state index in [0.29, 0.717) is 18.7 Å². The van der Waals surface area contributed by atoms with E-state index in [4.69, 9.17) is 4.42 Å². The number of rotatable bonds is 3. The molecular weight excluding hydrogens is 306 g/mol. The predicted molar refractivity (Wildman–Crippen MR) is 88.2 cm³/mol. The average molecular weight is 323 g/mol. The van der Waals surface area contributed by atoms with Gasteiger partial charge in [0, 0.05) is 38.6 Å². The van der Waals surface area contributed by atoms with Crippen molar-refractivity contribution in [3.8, 4) is 5.82 Å². The number of anilines is 1. The average Bonchev–Trinajstić information content (AvgIpc) is 3.35. The summed E-state index contributed by atoms with van der Waals surface area (Å²) in [6.07, 6.45) is 6.87. The van der Waals surface area contributed by atoms with Crippen molar-refractivity contribution >= 4 is 11.7 Å². The highest BCUT2D eigenvalue weighted by Crippen LogP contribution is 2.16. The molecule has 4 heterocycles. The first-order valence-electron chi connectivity index (χ1n) is 7.85. The fraction of sp³-hybridized carbons (Fsp3) is 0.235. The summed E-state index contributed by atoms with van der Waals surface area (Å²) in [7, 11) is 0. The molecule has 4 rings (SSSR count). The van der Waals surface area contributed by atoms with Crippen LogP contribution < -0.4 is 4.90 Å². The topological polar surface area (TPSA) is 67.4 Å². The SMILES string of the molecule is O=C(c1ccoc1)N1CCN(c2ccc(-n3cccc3)nn2)CC1. The molecule has 1 saturated heterocycles. The molecule has 122 valence electrons. The van der Waals surface area contributed by atoms with Crippen LogP contribution in [-0.2, 0) is 0 Å². The molecule has 0 aromatic carbocycles. The minimum absolute atomic E-state index is 0.0115. The van der Waals surface area contributed by atoms with Gasteiger partial charge in [-0.2, -0.15) is 0 Å². The van der Waals surface area contributed by atoms with E-state index < -0.39 is 0 Å². The van der Waals surface area contributed by atoms with Crippen molar-refractivity contribution in [2.75, 3.05) is 31.1 Å². The molecule has 0 N–H and O–H groups in total. The van der Waals surface area contributed by atoms with Gasteiger partial charge in [-0.1, -0.05) is 0 Å². The molecule has 1 amide bonds. The van der Waals surface area contributed by atoms with Crippen molar-refractivity contribution < 1.29 is 9.21 Å². The van der Waals surface area contributed by atoms with Gasteiger partial charge in [0.1, 0.15) is 6.26 Å². The van der Waals surface area contributed by atoms with Crippen molar-refractivity contribution in [3.63, 3.8) is 0 Å². The van der Waals surface area contributed by atoms with E-state index >= 15 is 0 Å². The van der Waals surface area contributed by atoms with Crippen LogP contribution in [0.25, 0.3) is 5.82 Å². The summed E-state index contributed by atoms with van der Waals surface area (Å²) in [5.41, 5.74) is 0.597. The molecule has 3 aromatic rings. The van der Waals surface area contributed by atoms with Crippen LogP contribution in [0.1, 0.15) is 10.4 Å². The van der Waals surface area contributed by atoms with E-state index in [1.165, 1.54) is 12.5 Å². The Morgan fingerprint density at radius 3 is 2.29 bits per heavy atom. The number of hydrogen-bond donors (Lipinski definition) is 0. The maximum absolute atomic E-state index is 12.3. The maximum atomic E-state index is 12.3. The number of hydrogen-bond acceptors (Lipinski definition) is 5. The van der Waals surface area contributed by atoms with Crippen LogP contribution in [0.5, 0.6) is 0 Å². The minimum atomic E-state index is 0.0115. The van der Waals surface area contributed by atoms with Gasteiger partial charge in [0.05, 0.1) is 11.8 Å². The lowest BCUT2D eigenvalue weighted by Crippen LogP contribution is -2.49. The normalized spacial score (nSPS) is 14.8. The highest BCUT2D eigenvalue weighted by atomic mass is 16.3. The molecule has 0 saturated carbocycles. The lowest BCUT2D eigenvalue weighted by Gasteiger charge is -2.35. The van der Waals surface area contributed by atoms with E-state index in [1.807, 2.05) is 46.1 Å². The summed E-state index contributed by atoms with van der Waals surface area (Å²) >= 11 is 0. The van der Waals surface area contributed by atoms with Gasteiger partial charge in [-0.3, -0.25) is 4.79 Å². The van der Waals surface area contributed by atoms with Gasteiger partial charge in [0.15, 0.2) is 11.6 Å². The zero-order valence-electron chi connectivity index (χ0n) is 13.1. The Bertz CT molecular complexity index is 788. The molecule has 7 heteroatoms. The molecule has 7 nitrogen and oxygen atoms in total. The Morgan fingerprint density at radius 2 is 1.67 bits per heavy atom. The highest BCUT2D eigenvalue weighted by Gasteiger charge is 2.23. The van der Waals surface area contributed by atoms with E-state index in [9.17, 15) is 4.79 Å². The molecule has 0 spiro atoms. The van der Waals surface area contributed by atoms with Crippen molar-refractivity contribution in [1.29, 1.82) is 0 Å². The third-order valence-corrected chi connectivity index (χ3v) is 4.16. The van der Waals surface area contributed by atoms with Crippen LogP contribution in [-0.4, -0.2) is 51.8 Å². The molecule has 1 aliphatic heterocycles. The van der Waals surface area contributed by atoms with Gasteiger partial charge in [-0.15, -0.1) is 10.2 Å². The minimum Gasteiger partial charge on any atom is -0.472 e. The summed E-state index contributed by atoms with van der Waals surface area (Å²) in [4.78, 5) is 16.3. The summed E-state index contributed by atoms with van der Waals surface area (Å²) in [5, 5.41) is 8.58. The highest BCUT2D eigenvalue weighted by molar-refractivity contribution is 5.94. The molecule has 24 heavy (non-hydrogen) atoms. The van der Waals surface area contributed by atoms with Crippen molar-refractivity contribution in [3.05, 3.63) is 60.8 Å². The summed E-state index contributed by atoms with van der Waals surface area (Å²) in [6.45, 7) is 2.79. The van der Waals surface area contributed by atoms with Crippen LogP contribution in [0.15, 0.2) is 59.7 Å². The van der Waals surface area contributed by atoms with Crippen molar-refractivity contribution in [2.24, 2.45) is 0 Å². The van der Waals surface area contributed by atoms with Crippen LogP contribution in [0, 0.1) is 0 Å². The number of piperazine rings is 1. The Labute approximate surface area is 139 Å². The Kier molecular flexibility index (Phi) is 3.74. The second-order valence-electron chi connectivity index (χ2n) is 5.63. The maximum Gasteiger partial charge on any atom is 0.257 e. The van der Waals surface area contributed by atoms with Crippen molar-refractivity contribution in [2.45, 2.75) is 0 Å². The van der Waals surface area contributed by atoms with Gasteiger partial charge in [0.2, 0.25) is 0 Å². The molecule has 0 radical (unpaired) electrons. The number of carbonyl (C=O) groups is 1. The second-order valence-corrected chi connectivity index (χ2v) is 5.63. The van der Waals surface area contributed by atoms with Crippen LogP contribution in [0.2, 0.25) is 0 Å². The Balaban J connectivity index is 1.40. The lowest BCUT2D eigenvalue weighted by molar-refractivity contribution is 0.0746. The molecule has 0 atom stereocenters. The van der Waals surface area contributed by atoms with E-state index in [2.05, 4.69) is 15.1 Å². The van der Waals surface area contributed by atoms with Gasteiger partial charge >= 0.3 is 0 Å². The third-order valence-electron chi connectivity index (χ3n) is 4.16. The zero-order valence-corrected chi connectivity index (χ0v) is 13.1. The van der Waals surface area contributed by atoms with E-state index in [0.717, 1.165) is 24.7 Å². The standard InChI is InChI=1S/C17H17N5O2/c23-17(14-5-12-24-13-14)22-10-8-21(9-11-22)16-4-3-15(18-19-16)20-6-1-2-7-20/h1-7,12-13H,8-11H2. The lowest BCUT2D eigenvalue weighted by atomic mass is 10.2. The van der Waals surface area contributed by atoms with Crippen LogP contribution >= 0.6 is 0 Å². The number of nitrogens with zero attached hydrogens (tertiary/aromatic N) is 5. The van der Waals surface area contributed by atoms with Gasteiger partial charge in [0.25, 0.3) is 5.91 Å². The molecule has 1 aliphatic rings. The second kappa shape index (κ2) is 6.19. The number of carbonyl (C=O) groups excluding carboxylic acids is 1. The third kappa shape index (κ3) is 2.76. The Morgan fingerprint density at radius 1 is 0.958 bits per heavy atom. The summed E-state index contributed by atoms with van der Waals surface area (Å²) in [5.74, 6) is 1.64. The fourth-order valence-electron chi connectivity index (χ4n) is 2.82. The molecule has 0 unspecified atom stereocenters. The van der Waals surface area contributed by atoms with E-state index in [-0.39, 0.29) is 5.91 Å². The van der Waals surface area contributed by atoms with Crippen LogP contribution in [0.3, 0.4) is 0 Å². The van der Waals surface area contributed by atoms with E-state index in [1.54, 1.807) is 6.07 Å². The number of furan rings is 1. The predicted octanol–water partition coefficient (Wildman–Crippen LogP) is 1.82. The van der Waals surface area contributed by atoms with Crippen LogP contribution in [0.4, 0.5) is 5.82 Å². The number of aromatic nitrogens is 3. The van der Waals surface area contributed by atoms with Gasteiger partial charge < -0.3 is 18.8 Å². The van der Waals surface area contributed by atoms with Gasteiger partial charge in [-0.25, -0.2) is 0 Å². The Hall–Kier alpha value is -3.09. The smallest absolute Gasteiger partial charge is 0.257 e. The monoisotopic (exact) mass is 323 g/mol. The first-order chi connectivity index (χ1) is 11.8. The molecule has 0 aliphatic carbocycles. The molecule has 1 fully saturated rings. The first kappa shape index (κ1) is 14.5. The zero-order chi connectivity index (χ0) is 16.4. The fourth-order valence-corrected chi connectivity index (χ4v) is 2.82. The molecule has 0 bridgehead atoms. The van der Waals surface area contributed by atoms with Gasteiger partial charge in [-0.05, 0) is 30.3 Å². The first-order valence-corrected chi connectivity index (χ1v) is 7.85. The molecule has 3 aromatic heterocycles. The summed E-state index contributed by atoms with van der Waals surface area (Å²) in [6, 6.07) is 9.51. The summed E-state index contributed by atoms with van der Waals surface area (Å²) < 4.78 is 6.90. The largest absolute Gasteiger partial charge is 0.472 e. The quantitative estimate of drug-likeness (QED) is 0.735. The number of amides is 1.